The standard InChI is InChI=1S/C20H18F3N5O2S/c1-13-16(18(29)27-9-11-28(12-10-27)19-24-7-2-8-25-19)31-17(26-13)14-3-5-15(6-4-14)30-20(21,22)23/h2-8H,9-12H2,1H3. The van der Waals surface area contributed by atoms with Crippen molar-refractivity contribution >= 4 is 23.2 Å². The van der Waals surface area contributed by atoms with Gasteiger partial charge in [0, 0.05) is 44.1 Å². The minimum atomic E-state index is -4.74. The van der Waals surface area contributed by atoms with Crippen molar-refractivity contribution in [2.75, 3.05) is 31.1 Å². The van der Waals surface area contributed by atoms with E-state index in [1.165, 1.54) is 35.6 Å². The Kier molecular flexibility index (Phi) is 5.77. The molecule has 2 aromatic heterocycles. The van der Waals surface area contributed by atoms with Gasteiger partial charge in [-0.3, -0.25) is 4.79 Å². The third-order valence-electron chi connectivity index (χ3n) is 4.73. The molecule has 0 radical (unpaired) electrons. The zero-order chi connectivity index (χ0) is 22.0. The van der Waals surface area contributed by atoms with Crippen LogP contribution in [0.5, 0.6) is 5.75 Å². The summed E-state index contributed by atoms with van der Waals surface area (Å²) in [6, 6.07) is 7.20. The maximum absolute atomic E-state index is 13.0. The van der Waals surface area contributed by atoms with Crippen LogP contribution < -0.4 is 9.64 Å². The van der Waals surface area contributed by atoms with E-state index in [2.05, 4.69) is 19.7 Å². The van der Waals surface area contributed by atoms with Crippen molar-refractivity contribution < 1.29 is 22.7 Å². The first-order valence-electron chi connectivity index (χ1n) is 9.45. The molecule has 31 heavy (non-hydrogen) atoms. The van der Waals surface area contributed by atoms with Gasteiger partial charge in [-0.2, -0.15) is 0 Å². The summed E-state index contributed by atoms with van der Waals surface area (Å²) in [4.78, 5) is 30.3. The maximum atomic E-state index is 13.0. The Balaban J connectivity index is 1.43. The summed E-state index contributed by atoms with van der Waals surface area (Å²) >= 11 is 1.23. The van der Waals surface area contributed by atoms with Crippen molar-refractivity contribution in [3.63, 3.8) is 0 Å². The second-order valence-corrected chi connectivity index (χ2v) is 7.83. The molecule has 3 heterocycles. The summed E-state index contributed by atoms with van der Waals surface area (Å²) in [6.07, 6.45) is -1.37. The quantitative estimate of drug-likeness (QED) is 0.604. The molecule has 1 fully saturated rings. The van der Waals surface area contributed by atoms with E-state index in [1.54, 1.807) is 30.3 Å². The van der Waals surface area contributed by atoms with Gasteiger partial charge in [0.1, 0.15) is 15.6 Å². The molecule has 7 nitrogen and oxygen atoms in total. The first kappa shape index (κ1) is 21.0. The molecule has 0 aliphatic carbocycles. The normalized spacial score (nSPS) is 14.6. The SMILES string of the molecule is Cc1nc(-c2ccc(OC(F)(F)F)cc2)sc1C(=O)N1CCN(c2ncccn2)CC1. The van der Waals surface area contributed by atoms with Gasteiger partial charge in [-0.15, -0.1) is 24.5 Å². The van der Waals surface area contributed by atoms with Crippen LogP contribution in [-0.2, 0) is 0 Å². The first-order chi connectivity index (χ1) is 14.8. The lowest BCUT2D eigenvalue weighted by molar-refractivity contribution is -0.274. The van der Waals surface area contributed by atoms with Crippen LogP contribution in [0.15, 0.2) is 42.7 Å². The Morgan fingerprint density at radius 2 is 1.71 bits per heavy atom. The van der Waals surface area contributed by atoms with Crippen molar-refractivity contribution in [2.45, 2.75) is 13.3 Å². The third-order valence-corrected chi connectivity index (χ3v) is 5.92. The number of thiazole rings is 1. The van der Waals surface area contributed by atoms with Gasteiger partial charge in [-0.05, 0) is 37.3 Å². The number of ether oxygens (including phenoxy) is 1. The van der Waals surface area contributed by atoms with Gasteiger partial charge in [0.2, 0.25) is 5.95 Å². The predicted octanol–water partition coefficient (Wildman–Crippen LogP) is 3.77. The van der Waals surface area contributed by atoms with Crippen molar-refractivity contribution in [2.24, 2.45) is 0 Å². The molecule has 1 aromatic carbocycles. The van der Waals surface area contributed by atoms with E-state index in [0.29, 0.717) is 53.3 Å². The molecule has 11 heteroatoms. The molecule has 0 N–H and O–H groups in total. The second-order valence-electron chi connectivity index (χ2n) is 6.83. The number of carbonyl (C=O) groups excluding carboxylic acids is 1. The smallest absolute Gasteiger partial charge is 0.406 e. The number of benzene rings is 1. The zero-order valence-electron chi connectivity index (χ0n) is 16.5. The lowest BCUT2D eigenvalue weighted by atomic mass is 10.2. The van der Waals surface area contributed by atoms with Crippen LogP contribution >= 0.6 is 11.3 Å². The predicted molar refractivity (Wildman–Crippen MR) is 109 cm³/mol. The largest absolute Gasteiger partial charge is 0.573 e. The monoisotopic (exact) mass is 449 g/mol. The van der Waals surface area contributed by atoms with E-state index in [1.807, 2.05) is 4.90 Å². The van der Waals surface area contributed by atoms with Crippen LogP contribution in [0.3, 0.4) is 0 Å². The summed E-state index contributed by atoms with van der Waals surface area (Å²) in [5.41, 5.74) is 1.21. The topological polar surface area (TPSA) is 71.5 Å². The average Bonchev–Trinajstić information content (AvgIpc) is 3.15. The van der Waals surface area contributed by atoms with Gasteiger partial charge < -0.3 is 14.5 Å². The van der Waals surface area contributed by atoms with Crippen molar-refractivity contribution in [1.29, 1.82) is 0 Å². The van der Waals surface area contributed by atoms with Crippen molar-refractivity contribution in [3.8, 4) is 16.3 Å². The number of carbonyl (C=O) groups is 1. The highest BCUT2D eigenvalue weighted by Gasteiger charge is 2.31. The summed E-state index contributed by atoms with van der Waals surface area (Å²) in [6.45, 7) is 4.07. The number of hydrogen-bond donors (Lipinski definition) is 0. The van der Waals surface area contributed by atoms with E-state index in [9.17, 15) is 18.0 Å². The van der Waals surface area contributed by atoms with Gasteiger partial charge in [0.15, 0.2) is 0 Å². The molecular weight excluding hydrogens is 431 g/mol. The lowest BCUT2D eigenvalue weighted by Gasteiger charge is -2.34. The highest BCUT2D eigenvalue weighted by atomic mass is 32.1. The van der Waals surface area contributed by atoms with Crippen LogP contribution in [0, 0.1) is 6.92 Å². The van der Waals surface area contributed by atoms with Gasteiger partial charge in [-0.1, -0.05) is 0 Å². The summed E-state index contributed by atoms with van der Waals surface area (Å²) in [7, 11) is 0. The summed E-state index contributed by atoms with van der Waals surface area (Å²) < 4.78 is 40.9. The number of halogens is 3. The maximum Gasteiger partial charge on any atom is 0.573 e. The molecular formula is C20H18F3N5O2S. The average molecular weight is 449 g/mol. The lowest BCUT2D eigenvalue weighted by Crippen LogP contribution is -2.49. The highest BCUT2D eigenvalue weighted by Crippen LogP contribution is 2.31. The van der Waals surface area contributed by atoms with Gasteiger partial charge in [0.25, 0.3) is 5.91 Å². The molecule has 3 aromatic rings. The number of alkyl halides is 3. The molecule has 0 atom stereocenters. The van der Waals surface area contributed by atoms with Crippen molar-refractivity contribution in [3.05, 3.63) is 53.3 Å². The number of aryl methyl sites for hydroxylation is 1. The molecule has 1 amide bonds. The number of hydrogen-bond acceptors (Lipinski definition) is 7. The number of anilines is 1. The Morgan fingerprint density at radius 3 is 2.32 bits per heavy atom. The first-order valence-corrected chi connectivity index (χ1v) is 10.3. The van der Waals surface area contributed by atoms with Gasteiger partial charge >= 0.3 is 6.36 Å². The highest BCUT2D eigenvalue weighted by molar-refractivity contribution is 7.17. The zero-order valence-corrected chi connectivity index (χ0v) is 17.3. The fraction of sp³-hybridized carbons (Fsp3) is 0.300. The van der Waals surface area contributed by atoms with E-state index in [0.717, 1.165) is 0 Å². The molecule has 0 spiro atoms. The van der Waals surface area contributed by atoms with Crippen molar-refractivity contribution in [1.82, 2.24) is 19.9 Å². The summed E-state index contributed by atoms with van der Waals surface area (Å²) in [5.74, 6) is 0.233. The molecule has 1 aliphatic rings. The van der Waals surface area contributed by atoms with Crippen LogP contribution in [0.1, 0.15) is 15.4 Å². The minimum absolute atomic E-state index is 0.105. The Morgan fingerprint density at radius 1 is 1.06 bits per heavy atom. The van der Waals surface area contributed by atoms with E-state index >= 15 is 0 Å². The molecule has 0 unspecified atom stereocenters. The fourth-order valence-corrected chi connectivity index (χ4v) is 4.26. The molecule has 162 valence electrons. The van der Waals surface area contributed by atoms with E-state index in [4.69, 9.17) is 0 Å². The van der Waals surface area contributed by atoms with Crippen LogP contribution in [0.2, 0.25) is 0 Å². The van der Waals surface area contributed by atoms with Gasteiger partial charge in [0.05, 0.1) is 5.69 Å². The Bertz CT molecular complexity index is 1050. The number of rotatable bonds is 4. The fourth-order valence-electron chi connectivity index (χ4n) is 3.23. The van der Waals surface area contributed by atoms with Crippen LogP contribution in [0.25, 0.3) is 10.6 Å². The molecule has 1 aliphatic heterocycles. The summed E-state index contributed by atoms with van der Waals surface area (Å²) in [5, 5.41) is 0.565. The van der Waals surface area contributed by atoms with Gasteiger partial charge in [-0.25, -0.2) is 15.0 Å². The third kappa shape index (κ3) is 4.93. The van der Waals surface area contributed by atoms with E-state index < -0.39 is 6.36 Å². The number of piperazine rings is 1. The number of amides is 1. The van der Waals surface area contributed by atoms with Crippen LogP contribution in [-0.4, -0.2) is 58.3 Å². The Labute approximate surface area is 180 Å². The molecule has 1 saturated heterocycles. The number of nitrogens with zero attached hydrogens (tertiary/aromatic N) is 5. The van der Waals surface area contributed by atoms with Crippen LogP contribution in [0.4, 0.5) is 19.1 Å². The minimum Gasteiger partial charge on any atom is -0.406 e. The number of aromatic nitrogens is 3. The Hall–Kier alpha value is -3.21. The second kappa shape index (κ2) is 8.50. The molecule has 0 saturated carbocycles. The van der Waals surface area contributed by atoms with E-state index in [-0.39, 0.29) is 11.7 Å². The molecule has 0 bridgehead atoms. The molecule has 4 rings (SSSR count).